The summed E-state index contributed by atoms with van der Waals surface area (Å²) in [6.07, 6.45) is -0.273. The number of aromatic nitrogens is 2. The summed E-state index contributed by atoms with van der Waals surface area (Å²) >= 11 is 1.00. The third-order valence-electron chi connectivity index (χ3n) is 2.10. The Morgan fingerprint density at radius 3 is 2.72 bits per heavy atom. The SMILES string of the molecule is CCOC(c1noc(SCC(=O)O)n1)C(C)(C)C. The van der Waals surface area contributed by atoms with Crippen molar-refractivity contribution in [1.82, 2.24) is 10.1 Å². The summed E-state index contributed by atoms with van der Waals surface area (Å²) in [7, 11) is 0. The van der Waals surface area contributed by atoms with E-state index in [2.05, 4.69) is 10.1 Å². The lowest BCUT2D eigenvalue weighted by molar-refractivity contribution is -0.133. The first kappa shape index (κ1) is 15.0. The Morgan fingerprint density at radius 2 is 2.22 bits per heavy atom. The average Bonchev–Trinajstić information content (AvgIpc) is 2.69. The second kappa shape index (κ2) is 6.19. The van der Waals surface area contributed by atoms with Crippen molar-refractivity contribution in [3.8, 4) is 0 Å². The third kappa shape index (κ3) is 4.30. The molecule has 0 amide bonds. The van der Waals surface area contributed by atoms with E-state index in [1.165, 1.54) is 0 Å². The molecule has 1 rings (SSSR count). The van der Waals surface area contributed by atoms with Gasteiger partial charge < -0.3 is 14.4 Å². The molecule has 0 aliphatic carbocycles. The molecule has 18 heavy (non-hydrogen) atoms. The molecule has 0 fully saturated rings. The summed E-state index contributed by atoms with van der Waals surface area (Å²) < 4.78 is 10.6. The van der Waals surface area contributed by atoms with Crippen LogP contribution in [-0.4, -0.2) is 33.6 Å². The fraction of sp³-hybridized carbons (Fsp3) is 0.727. The van der Waals surface area contributed by atoms with Crippen LogP contribution in [0.2, 0.25) is 0 Å². The zero-order chi connectivity index (χ0) is 13.8. The van der Waals surface area contributed by atoms with Crippen LogP contribution in [0.5, 0.6) is 0 Å². The molecule has 7 heteroatoms. The largest absolute Gasteiger partial charge is 0.481 e. The summed E-state index contributed by atoms with van der Waals surface area (Å²) in [5, 5.41) is 12.7. The molecule has 102 valence electrons. The molecule has 0 saturated carbocycles. The smallest absolute Gasteiger partial charge is 0.314 e. The van der Waals surface area contributed by atoms with Gasteiger partial charge in [-0.2, -0.15) is 4.98 Å². The first-order valence-corrected chi connectivity index (χ1v) is 6.63. The van der Waals surface area contributed by atoms with Crippen LogP contribution in [0, 0.1) is 5.41 Å². The van der Waals surface area contributed by atoms with Crippen LogP contribution in [0.4, 0.5) is 0 Å². The molecule has 0 saturated heterocycles. The van der Waals surface area contributed by atoms with Crippen molar-refractivity contribution in [3.05, 3.63) is 5.82 Å². The number of rotatable bonds is 6. The van der Waals surface area contributed by atoms with E-state index in [9.17, 15) is 4.79 Å². The van der Waals surface area contributed by atoms with Gasteiger partial charge in [-0.05, 0) is 12.3 Å². The van der Waals surface area contributed by atoms with E-state index in [0.29, 0.717) is 12.4 Å². The second-order valence-corrected chi connectivity index (χ2v) is 5.73. The Morgan fingerprint density at radius 1 is 1.56 bits per heavy atom. The van der Waals surface area contributed by atoms with E-state index >= 15 is 0 Å². The topological polar surface area (TPSA) is 85.5 Å². The molecule has 0 aliphatic heterocycles. The first-order chi connectivity index (χ1) is 8.34. The minimum Gasteiger partial charge on any atom is -0.481 e. The molecule has 0 bridgehead atoms. The van der Waals surface area contributed by atoms with Crippen LogP contribution >= 0.6 is 11.8 Å². The van der Waals surface area contributed by atoms with Gasteiger partial charge in [0.05, 0.1) is 0 Å². The third-order valence-corrected chi connectivity index (χ3v) is 2.90. The van der Waals surface area contributed by atoms with Crippen molar-refractivity contribution in [2.45, 2.75) is 39.0 Å². The Bertz CT molecular complexity index is 400. The maximum atomic E-state index is 10.4. The molecule has 1 N–H and O–H groups in total. The van der Waals surface area contributed by atoms with Crippen LogP contribution in [-0.2, 0) is 9.53 Å². The number of carboxylic acid groups (broad SMARTS) is 1. The summed E-state index contributed by atoms with van der Waals surface area (Å²) in [5.41, 5.74) is -0.158. The monoisotopic (exact) mass is 274 g/mol. The Labute approximate surface area is 110 Å². The second-order valence-electron chi connectivity index (χ2n) is 4.80. The van der Waals surface area contributed by atoms with Crippen LogP contribution in [0.25, 0.3) is 0 Å². The number of hydrogen-bond donors (Lipinski definition) is 1. The number of carboxylic acids is 1. The lowest BCUT2D eigenvalue weighted by Crippen LogP contribution is -2.22. The average molecular weight is 274 g/mol. The Kier molecular flexibility index (Phi) is 5.15. The van der Waals surface area contributed by atoms with Crippen molar-refractivity contribution < 1.29 is 19.2 Å². The Balaban J connectivity index is 2.78. The molecule has 1 aromatic heterocycles. The van der Waals surface area contributed by atoms with Gasteiger partial charge in [-0.3, -0.25) is 4.79 Å². The van der Waals surface area contributed by atoms with Gasteiger partial charge in [0.2, 0.25) is 5.82 Å². The molecule has 1 atom stereocenters. The lowest BCUT2D eigenvalue weighted by Gasteiger charge is -2.27. The van der Waals surface area contributed by atoms with E-state index in [4.69, 9.17) is 14.4 Å². The van der Waals surface area contributed by atoms with Gasteiger partial charge >= 0.3 is 5.97 Å². The minimum atomic E-state index is -0.920. The van der Waals surface area contributed by atoms with Crippen LogP contribution in [0.1, 0.15) is 39.6 Å². The highest BCUT2D eigenvalue weighted by Gasteiger charge is 2.31. The Hall–Kier alpha value is -1.08. The number of hydrogen-bond acceptors (Lipinski definition) is 6. The number of aliphatic carboxylic acids is 1. The van der Waals surface area contributed by atoms with Crippen molar-refractivity contribution >= 4 is 17.7 Å². The maximum Gasteiger partial charge on any atom is 0.314 e. The molecule has 1 aromatic rings. The minimum absolute atomic E-state index is 0.101. The van der Waals surface area contributed by atoms with Crippen LogP contribution < -0.4 is 0 Å². The molecular weight excluding hydrogens is 256 g/mol. The van der Waals surface area contributed by atoms with Gasteiger partial charge in [0.25, 0.3) is 5.22 Å². The van der Waals surface area contributed by atoms with E-state index in [1.54, 1.807) is 0 Å². The summed E-state index contributed by atoms with van der Waals surface area (Å²) in [5.74, 6) is -0.564. The highest BCUT2D eigenvalue weighted by Crippen LogP contribution is 2.35. The van der Waals surface area contributed by atoms with E-state index in [0.717, 1.165) is 11.8 Å². The quantitative estimate of drug-likeness (QED) is 0.797. The van der Waals surface area contributed by atoms with Gasteiger partial charge in [-0.15, -0.1) is 0 Å². The molecule has 0 spiro atoms. The molecule has 6 nitrogen and oxygen atoms in total. The number of ether oxygens (including phenoxy) is 1. The lowest BCUT2D eigenvalue weighted by atomic mass is 9.88. The number of nitrogens with zero attached hydrogens (tertiary/aromatic N) is 2. The molecule has 0 aromatic carbocycles. The van der Waals surface area contributed by atoms with Gasteiger partial charge in [-0.25, -0.2) is 0 Å². The predicted octanol–water partition coefficient (Wildman–Crippen LogP) is 2.37. The normalized spacial score (nSPS) is 13.6. The fourth-order valence-electron chi connectivity index (χ4n) is 1.39. The zero-order valence-electron chi connectivity index (χ0n) is 11.0. The number of thioether (sulfide) groups is 1. The summed E-state index contributed by atoms with van der Waals surface area (Å²) in [6.45, 7) is 8.52. The number of carbonyl (C=O) groups is 1. The fourth-order valence-corrected chi connectivity index (χ4v) is 1.88. The van der Waals surface area contributed by atoms with E-state index in [1.807, 2.05) is 27.7 Å². The van der Waals surface area contributed by atoms with Gasteiger partial charge in [-0.1, -0.05) is 37.7 Å². The van der Waals surface area contributed by atoms with Gasteiger partial charge in [0.15, 0.2) is 0 Å². The molecular formula is C11H18N2O4S. The predicted molar refractivity (Wildman–Crippen MR) is 66.5 cm³/mol. The molecule has 1 heterocycles. The van der Waals surface area contributed by atoms with E-state index in [-0.39, 0.29) is 22.5 Å². The summed E-state index contributed by atoms with van der Waals surface area (Å²) in [6, 6.07) is 0. The standard InChI is InChI=1S/C11H18N2O4S/c1-5-16-8(11(2,3)4)9-12-10(17-13-9)18-6-7(14)15/h8H,5-6H2,1-4H3,(H,14,15). The van der Waals surface area contributed by atoms with Gasteiger partial charge in [0, 0.05) is 6.61 Å². The first-order valence-electron chi connectivity index (χ1n) is 5.64. The molecule has 0 aliphatic rings. The van der Waals surface area contributed by atoms with Crippen molar-refractivity contribution in [2.24, 2.45) is 5.41 Å². The molecule has 1 unspecified atom stereocenters. The molecule has 0 radical (unpaired) electrons. The zero-order valence-corrected chi connectivity index (χ0v) is 11.8. The van der Waals surface area contributed by atoms with Crippen molar-refractivity contribution in [3.63, 3.8) is 0 Å². The highest BCUT2D eigenvalue weighted by atomic mass is 32.2. The van der Waals surface area contributed by atoms with E-state index < -0.39 is 5.97 Å². The summed E-state index contributed by atoms with van der Waals surface area (Å²) in [4.78, 5) is 14.6. The highest BCUT2D eigenvalue weighted by molar-refractivity contribution is 7.99. The van der Waals surface area contributed by atoms with Crippen molar-refractivity contribution in [1.29, 1.82) is 0 Å². The van der Waals surface area contributed by atoms with Crippen molar-refractivity contribution in [2.75, 3.05) is 12.4 Å². The van der Waals surface area contributed by atoms with Crippen LogP contribution in [0.15, 0.2) is 9.75 Å². The maximum absolute atomic E-state index is 10.4. The van der Waals surface area contributed by atoms with Crippen LogP contribution in [0.3, 0.4) is 0 Å². The van der Waals surface area contributed by atoms with Gasteiger partial charge in [0.1, 0.15) is 11.9 Å².